The molecule has 21 heavy (non-hydrogen) atoms. The molecule has 0 saturated heterocycles. The lowest BCUT2D eigenvalue weighted by Crippen LogP contribution is -2.27. The van der Waals surface area contributed by atoms with Crippen LogP contribution in [0.5, 0.6) is 0 Å². The molecule has 0 aromatic heterocycles. The minimum absolute atomic E-state index is 0.0331. The lowest BCUT2D eigenvalue weighted by Gasteiger charge is -2.08. The fourth-order valence-electron chi connectivity index (χ4n) is 1.31. The molecular formula is C11H12N4O6. The number of hydrazine groups is 1. The van der Waals surface area contributed by atoms with Crippen molar-refractivity contribution in [2.75, 3.05) is 11.7 Å². The zero-order valence-corrected chi connectivity index (χ0v) is 11.3. The van der Waals surface area contributed by atoms with Crippen LogP contribution < -0.4 is 5.12 Å². The molecule has 0 radical (unpaired) electrons. The van der Waals surface area contributed by atoms with Crippen molar-refractivity contribution in [3.05, 3.63) is 44.5 Å². The number of carbonyl (C=O) groups is 1. The van der Waals surface area contributed by atoms with Crippen LogP contribution >= 0.6 is 0 Å². The van der Waals surface area contributed by atoms with Crippen molar-refractivity contribution in [3.8, 4) is 0 Å². The van der Waals surface area contributed by atoms with Crippen LogP contribution in [0.4, 0.5) is 11.4 Å². The molecule has 112 valence electrons. The van der Waals surface area contributed by atoms with Crippen molar-refractivity contribution >= 4 is 23.1 Å². The maximum absolute atomic E-state index is 11.4. The number of benzene rings is 1. The van der Waals surface area contributed by atoms with E-state index in [9.17, 15) is 25.0 Å². The molecule has 0 saturated carbocycles. The van der Waals surface area contributed by atoms with Crippen molar-refractivity contribution in [3.63, 3.8) is 0 Å². The molecule has 0 aliphatic heterocycles. The second-order valence-corrected chi connectivity index (χ2v) is 3.71. The van der Waals surface area contributed by atoms with Gasteiger partial charge in [0.05, 0.1) is 21.7 Å². The summed E-state index contributed by atoms with van der Waals surface area (Å²) in [4.78, 5) is 32.3. The van der Waals surface area contributed by atoms with Crippen molar-refractivity contribution < 1.29 is 19.5 Å². The Kier molecular flexibility index (Phi) is 5.29. The molecular weight excluding hydrogens is 284 g/mol. The molecule has 1 rings (SSSR count). The summed E-state index contributed by atoms with van der Waals surface area (Å²) in [6.45, 7) is 2.97. The number of nitro groups is 2. The summed E-state index contributed by atoms with van der Waals surface area (Å²) < 4.78 is 4.66. The largest absolute Gasteiger partial charge is 0.460 e. The first kappa shape index (κ1) is 16.0. The zero-order valence-electron chi connectivity index (χ0n) is 11.3. The van der Waals surface area contributed by atoms with E-state index in [2.05, 4.69) is 9.84 Å². The summed E-state index contributed by atoms with van der Waals surface area (Å²) >= 11 is 0. The third-order valence-corrected chi connectivity index (χ3v) is 2.26. The number of hydrogen-bond donors (Lipinski definition) is 0. The predicted molar refractivity (Wildman–Crippen MR) is 72.3 cm³/mol. The lowest BCUT2D eigenvalue weighted by molar-refractivity contribution is -0.495. The molecule has 0 N–H and O–H groups in total. The molecule has 1 aromatic rings. The smallest absolute Gasteiger partial charge is 0.380 e. The SMILES string of the molecule is CCOC(=O)/C(C)=N/N(c1ccc([N+](=O)[O-])cc1)[N+](=O)[O-]. The van der Waals surface area contributed by atoms with E-state index in [0.29, 0.717) is 5.12 Å². The van der Waals surface area contributed by atoms with E-state index in [-0.39, 0.29) is 23.7 Å². The average Bonchev–Trinajstić information content (AvgIpc) is 2.44. The van der Waals surface area contributed by atoms with E-state index in [1.807, 2.05) is 0 Å². The Balaban J connectivity index is 3.07. The molecule has 0 aliphatic carbocycles. The first-order valence-electron chi connectivity index (χ1n) is 5.78. The Morgan fingerprint density at radius 2 is 1.86 bits per heavy atom. The monoisotopic (exact) mass is 296 g/mol. The van der Waals surface area contributed by atoms with Gasteiger partial charge in [0.25, 0.3) is 11.4 Å². The van der Waals surface area contributed by atoms with Gasteiger partial charge in [-0.25, -0.2) is 4.79 Å². The van der Waals surface area contributed by atoms with Gasteiger partial charge in [-0.3, -0.25) is 10.1 Å². The van der Waals surface area contributed by atoms with Crippen LogP contribution in [0.3, 0.4) is 0 Å². The summed E-state index contributed by atoms with van der Waals surface area (Å²) in [5.41, 5.74) is -0.464. The van der Waals surface area contributed by atoms with Crippen molar-refractivity contribution in [2.24, 2.45) is 5.10 Å². The highest BCUT2D eigenvalue weighted by Crippen LogP contribution is 2.19. The second kappa shape index (κ2) is 6.93. The van der Waals surface area contributed by atoms with E-state index >= 15 is 0 Å². The number of hydrazone groups is 1. The topological polar surface area (TPSA) is 128 Å². The number of ether oxygens (including phenoxy) is 1. The molecule has 0 atom stereocenters. The predicted octanol–water partition coefficient (Wildman–Crippen LogP) is 1.53. The van der Waals surface area contributed by atoms with E-state index in [1.165, 1.54) is 6.92 Å². The Morgan fingerprint density at radius 1 is 1.29 bits per heavy atom. The van der Waals surface area contributed by atoms with Gasteiger partial charge in [-0.2, -0.15) is 0 Å². The van der Waals surface area contributed by atoms with E-state index < -0.39 is 15.9 Å². The first-order valence-corrected chi connectivity index (χ1v) is 5.78. The Bertz CT molecular complexity index is 583. The average molecular weight is 296 g/mol. The van der Waals surface area contributed by atoms with Gasteiger partial charge in [-0.15, -0.1) is 0 Å². The maximum atomic E-state index is 11.4. The molecule has 10 nitrogen and oxygen atoms in total. The molecule has 0 aliphatic rings. The Morgan fingerprint density at radius 3 is 2.29 bits per heavy atom. The molecule has 0 unspecified atom stereocenters. The van der Waals surface area contributed by atoms with Crippen LogP contribution in [0.15, 0.2) is 29.4 Å². The van der Waals surface area contributed by atoms with Gasteiger partial charge < -0.3 is 14.9 Å². The highest BCUT2D eigenvalue weighted by Gasteiger charge is 2.22. The standard InChI is InChI=1S/C11H12N4O6/c1-3-21-11(16)8(2)12-13(15(19)20)9-4-6-10(7-5-9)14(17)18/h4-7H,3H2,1-2H3/b12-8+. The van der Waals surface area contributed by atoms with Gasteiger partial charge in [-0.1, -0.05) is 0 Å². The summed E-state index contributed by atoms with van der Waals surface area (Å²) in [7, 11) is 0. The molecule has 0 bridgehead atoms. The summed E-state index contributed by atoms with van der Waals surface area (Å²) in [6, 6.07) is 4.51. The molecule has 0 spiro atoms. The fourth-order valence-corrected chi connectivity index (χ4v) is 1.31. The number of nitrogens with zero attached hydrogens (tertiary/aromatic N) is 4. The van der Waals surface area contributed by atoms with E-state index in [1.54, 1.807) is 6.92 Å². The number of nitro benzene ring substituents is 1. The number of esters is 1. The highest BCUT2D eigenvalue weighted by molar-refractivity contribution is 6.35. The van der Waals surface area contributed by atoms with Gasteiger partial charge in [-0.05, 0) is 19.1 Å². The summed E-state index contributed by atoms with van der Waals surface area (Å²) in [5, 5.41) is 24.5. The highest BCUT2D eigenvalue weighted by atomic mass is 16.7. The minimum Gasteiger partial charge on any atom is -0.460 e. The van der Waals surface area contributed by atoms with Gasteiger partial charge in [0, 0.05) is 24.2 Å². The molecule has 0 fully saturated rings. The second-order valence-electron chi connectivity index (χ2n) is 3.71. The number of non-ortho nitro benzene ring substituents is 1. The first-order chi connectivity index (χ1) is 9.86. The van der Waals surface area contributed by atoms with E-state index in [4.69, 9.17) is 0 Å². The van der Waals surface area contributed by atoms with Crippen molar-refractivity contribution in [1.82, 2.24) is 0 Å². The minimum atomic E-state index is -0.857. The van der Waals surface area contributed by atoms with Crippen LogP contribution in [0, 0.1) is 20.2 Å². The zero-order chi connectivity index (χ0) is 16.0. The van der Waals surface area contributed by atoms with Crippen molar-refractivity contribution in [2.45, 2.75) is 13.8 Å². The molecule has 0 amide bonds. The van der Waals surface area contributed by atoms with Crippen LogP contribution in [0.25, 0.3) is 0 Å². The Hall–Kier alpha value is -3.04. The van der Waals surface area contributed by atoms with Gasteiger partial charge >= 0.3 is 5.97 Å². The third-order valence-electron chi connectivity index (χ3n) is 2.26. The molecule has 10 heteroatoms. The van der Waals surface area contributed by atoms with Crippen LogP contribution in [-0.4, -0.2) is 28.2 Å². The van der Waals surface area contributed by atoms with Gasteiger partial charge in [0.1, 0.15) is 5.69 Å². The number of carbonyl (C=O) groups excluding carboxylic acids is 1. The van der Waals surface area contributed by atoms with Crippen LogP contribution in [-0.2, 0) is 9.53 Å². The number of anilines is 1. The lowest BCUT2D eigenvalue weighted by atomic mass is 10.3. The fraction of sp³-hybridized carbons (Fsp3) is 0.273. The van der Waals surface area contributed by atoms with Gasteiger partial charge in [0.2, 0.25) is 0 Å². The summed E-state index contributed by atoms with van der Waals surface area (Å²) in [6.07, 6.45) is 0. The molecule has 0 heterocycles. The van der Waals surface area contributed by atoms with Crippen LogP contribution in [0.2, 0.25) is 0 Å². The third kappa shape index (κ3) is 4.23. The quantitative estimate of drug-likeness (QED) is 0.337. The number of hydrogen-bond acceptors (Lipinski definition) is 7. The summed E-state index contributed by atoms with van der Waals surface area (Å²) in [5.74, 6) is -0.786. The Labute approximate surface area is 118 Å². The van der Waals surface area contributed by atoms with Crippen LogP contribution in [0.1, 0.15) is 13.8 Å². The van der Waals surface area contributed by atoms with E-state index in [0.717, 1.165) is 24.3 Å². The number of rotatable bonds is 6. The maximum Gasteiger partial charge on any atom is 0.380 e. The van der Waals surface area contributed by atoms with Gasteiger partial charge in [0.15, 0.2) is 0 Å². The normalized spacial score (nSPS) is 10.9. The van der Waals surface area contributed by atoms with Crippen molar-refractivity contribution in [1.29, 1.82) is 0 Å². The molecule has 1 aromatic carbocycles.